The molecule has 0 aliphatic carbocycles. The van der Waals surface area contributed by atoms with E-state index in [1.165, 1.54) is 12.1 Å². The third kappa shape index (κ3) is 2.85. The lowest BCUT2D eigenvalue weighted by Crippen LogP contribution is -2.07. The fraction of sp³-hybridized carbons (Fsp3) is 0.250. The lowest BCUT2D eigenvalue weighted by atomic mass is 10.3. The number of nitrogens with zero attached hydrogens (tertiary/aromatic N) is 2. The fourth-order valence-corrected chi connectivity index (χ4v) is 1.99. The van der Waals surface area contributed by atoms with Crippen LogP contribution in [0.5, 0.6) is 0 Å². The van der Waals surface area contributed by atoms with Crippen molar-refractivity contribution in [3.8, 4) is 0 Å². The molecule has 0 aliphatic heterocycles. The number of hydrogen-bond acceptors (Lipinski definition) is 2. The summed E-state index contributed by atoms with van der Waals surface area (Å²) >= 11 is 3.37. The maximum Gasteiger partial charge on any atom is 0.128 e. The Bertz CT molecular complexity index is 510. The molecule has 2 rings (SSSR count). The highest BCUT2D eigenvalue weighted by Crippen LogP contribution is 2.23. The van der Waals surface area contributed by atoms with Crippen molar-refractivity contribution in [1.82, 2.24) is 9.55 Å². The number of aryl methyl sites for hydroxylation is 1. The number of hydrogen-bond donors (Lipinski definition) is 1. The highest BCUT2D eigenvalue weighted by atomic mass is 79.9. The third-order valence-electron chi connectivity index (χ3n) is 2.51. The van der Waals surface area contributed by atoms with Gasteiger partial charge in [0.15, 0.2) is 0 Å². The molecular formula is C12H13BrFN3. The highest BCUT2D eigenvalue weighted by Gasteiger charge is 2.04. The Kier molecular flexibility index (Phi) is 3.78. The summed E-state index contributed by atoms with van der Waals surface area (Å²) in [6, 6.07) is 4.57. The van der Waals surface area contributed by atoms with Crippen molar-refractivity contribution < 1.29 is 4.39 Å². The van der Waals surface area contributed by atoms with Crippen LogP contribution in [0, 0.1) is 5.82 Å². The van der Waals surface area contributed by atoms with E-state index < -0.39 is 0 Å². The van der Waals surface area contributed by atoms with Crippen LogP contribution in [0.25, 0.3) is 0 Å². The number of anilines is 1. The second-order valence-corrected chi connectivity index (χ2v) is 4.46. The zero-order chi connectivity index (χ0) is 12.3. The Morgan fingerprint density at radius 1 is 1.47 bits per heavy atom. The average molecular weight is 298 g/mol. The lowest BCUT2D eigenvalue weighted by molar-refractivity contribution is 0.627. The van der Waals surface area contributed by atoms with Gasteiger partial charge in [-0.15, -0.1) is 0 Å². The molecule has 0 spiro atoms. The van der Waals surface area contributed by atoms with Crippen LogP contribution in [-0.2, 0) is 13.1 Å². The second kappa shape index (κ2) is 5.31. The predicted octanol–water partition coefficient (Wildman–Crippen LogP) is 3.42. The monoisotopic (exact) mass is 297 g/mol. The Morgan fingerprint density at radius 2 is 2.29 bits per heavy atom. The molecule has 1 aromatic heterocycles. The largest absolute Gasteiger partial charge is 0.377 e. The van der Waals surface area contributed by atoms with Crippen LogP contribution >= 0.6 is 15.9 Å². The minimum absolute atomic E-state index is 0.255. The van der Waals surface area contributed by atoms with Gasteiger partial charge in [-0.1, -0.05) is 0 Å². The molecule has 0 unspecified atom stereocenters. The molecule has 17 heavy (non-hydrogen) atoms. The molecule has 0 amide bonds. The van der Waals surface area contributed by atoms with Gasteiger partial charge in [-0.05, 0) is 41.1 Å². The van der Waals surface area contributed by atoms with Gasteiger partial charge in [0.1, 0.15) is 11.6 Å². The van der Waals surface area contributed by atoms with Gasteiger partial charge < -0.3 is 9.88 Å². The molecule has 1 aromatic carbocycles. The Hall–Kier alpha value is -1.36. The quantitative estimate of drug-likeness (QED) is 0.937. The number of aromatic nitrogens is 2. The summed E-state index contributed by atoms with van der Waals surface area (Å²) < 4.78 is 16.0. The molecule has 0 fully saturated rings. The Morgan fingerprint density at radius 3 is 3.06 bits per heavy atom. The molecule has 1 N–H and O–H groups in total. The minimum atomic E-state index is -0.255. The Labute approximate surface area is 108 Å². The summed E-state index contributed by atoms with van der Waals surface area (Å²) in [6.45, 7) is 3.51. The first-order valence-corrected chi connectivity index (χ1v) is 6.19. The summed E-state index contributed by atoms with van der Waals surface area (Å²) in [7, 11) is 0. The minimum Gasteiger partial charge on any atom is -0.377 e. The SMILES string of the molecule is CCn1ccnc1CNc1cc(F)ccc1Br. The fourth-order valence-electron chi connectivity index (χ4n) is 1.60. The number of benzene rings is 1. The van der Waals surface area contributed by atoms with Crippen LogP contribution in [0.15, 0.2) is 35.1 Å². The average Bonchev–Trinajstić information content (AvgIpc) is 2.77. The van der Waals surface area contributed by atoms with E-state index in [2.05, 4.69) is 33.2 Å². The van der Waals surface area contributed by atoms with Gasteiger partial charge in [-0.2, -0.15) is 0 Å². The van der Waals surface area contributed by atoms with Gasteiger partial charge in [0.2, 0.25) is 0 Å². The van der Waals surface area contributed by atoms with Crippen molar-refractivity contribution in [2.45, 2.75) is 20.0 Å². The Balaban J connectivity index is 2.09. The van der Waals surface area contributed by atoms with Crippen molar-refractivity contribution in [2.24, 2.45) is 0 Å². The normalized spacial score (nSPS) is 10.5. The summed E-state index contributed by atoms with van der Waals surface area (Å²) in [4.78, 5) is 4.25. The highest BCUT2D eigenvalue weighted by molar-refractivity contribution is 9.10. The van der Waals surface area contributed by atoms with E-state index >= 15 is 0 Å². The lowest BCUT2D eigenvalue weighted by Gasteiger charge is -2.09. The molecule has 90 valence electrons. The molecule has 0 saturated carbocycles. The van der Waals surface area contributed by atoms with E-state index in [9.17, 15) is 4.39 Å². The number of halogens is 2. The van der Waals surface area contributed by atoms with Crippen molar-refractivity contribution in [1.29, 1.82) is 0 Å². The first-order valence-electron chi connectivity index (χ1n) is 5.39. The smallest absolute Gasteiger partial charge is 0.128 e. The third-order valence-corrected chi connectivity index (χ3v) is 3.20. The molecule has 0 radical (unpaired) electrons. The summed E-state index contributed by atoms with van der Waals surface area (Å²) in [6.07, 6.45) is 3.69. The standard InChI is InChI=1S/C12H13BrFN3/c1-2-17-6-5-15-12(17)8-16-11-7-9(14)3-4-10(11)13/h3-7,16H,2,8H2,1H3. The molecule has 0 aliphatic rings. The van der Waals surface area contributed by atoms with Gasteiger partial charge in [0.25, 0.3) is 0 Å². The molecule has 0 atom stereocenters. The van der Waals surface area contributed by atoms with Crippen molar-refractivity contribution >= 4 is 21.6 Å². The summed E-state index contributed by atoms with van der Waals surface area (Å²) in [5.41, 5.74) is 0.732. The topological polar surface area (TPSA) is 29.9 Å². The first-order chi connectivity index (χ1) is 8.20. The van der Waals surface area contributed by atoms with Crippen LogP contribution in [0.2, 0.25) is 0 Å². The van der Waals surface area contributed by atoms with Gasteiger partial charge >= 0.3 is 0 Å². The maximum absolute atomic E-state index is 13.1. The van der Waals surface area contributed by atoms with Crippen LogP contribution in [0.3, 0.4) is 0 Å². The van der Waals surface area contributed by atoms with E-state index in [-0.39, 0.29) is 5.82 Å². The van der Waals surface area contributed by atoms with Crippen molar-refractivity contribution in [3.05, 3.63) is 46.7 Å². The molecular weight excluding hydrogens is 285 g/mol. The van der Waals surface area contributed by atoms with Crippen LogP contribution < -0.4 is 5.32 Å². The molecule has 0 bridgehead atoms. The second-order valence-electron chi connectivity index (χ2n) is 3.61. The van der Waals surface area contributed by atoms with Crippen molar-refractivity contribution in [2.75, 3.05) is 5.32 Å². The number of rotatable bonds is 4. The summed E-state index contributed by atoms with van der Waals surface area (Å²) in [5.74, 6) is 0.679. The molecule has 2 aromatic rings. The van der Waals surface area contributed by atoms with Crippen LogP contribution in [0.4, 0.5) is 10.1 Å². The van der Waals surface area contributed by atoms with Gasteiger partial charge in [0, 0.05) is 23.4 Å². The van der Waals surface area contributed by atoms with E-state index in [1.807, 2.05) is 10.8 Å². The zero-order valence-electron chi connectivity index (χ0n) is 9.45. The van der Waals surface area contributed by atoms with Crippen LogP contribution in [-0.4, -0.2) is 9.55 Å². The molecule has 3 nitrogen and oxygen atoms in total. The summed E-state index contributed by atoms with van der Waals surface area (Å²) in [5, 5.41) is 3.16. The van der Waals surface area contributed by atoms with E-state index in [0.29, 0.717) is 6.54 Å². The van der Waals surface area contributed by atoms with E-state index in [4.69, 9.17) is 0 Å². The van der Waals surface area contributed by atoms with Gasteiger partial charge in [0.05, 0.1) is 12.2 Å². The molecule has 1 heterocycles. The predicted molar refractivity (Wildman–Crippen MR) is 69.3 cm³/mol. The number of imidazole rings is 1. The van der Waals surface area contributed by atoms with Gasteiger partial charge in [-0.3, -0.25) is 0 Å². The molecule has 5 heteroatoms. The van der Waals surface area contributed by atoms with Crippen molar-refractivity contribution in [3.63, 3.8) is 0 Å². The van der Waals surface area contributed by atoms with E-state index in [0.717, 1.165) is 22.5 Å². The zero-order valence-corrected chi connectivity index (χ0v) is 11.0. The first kappa shape index (κ1) is 12.1. The van der Waals surface area contributed by atoms with Crippen LogP contribution in [0.1, 0.15) is 12.7 Å². The number of nitrogens with one attached hydrogen (secondary N) is 1. The van der Waals surface area contributed by atoms with Gasteiger partial charge in [-0.25, -0.2) is 9.37 Å². The maximum atomic E-state index is 13.1. The molecule has 0 saturated heterocycles. The van der Waals surface area contributed by atoms with E-state index in [1.54, 1.807) is 12.3 Å².